The van der Waals surface area contributed by atoms with Gasteiger partial charge in [0.25, 0.3) is 0 Å². The Balaban J connectivity index is 0.909. The second kappa shape index (κ2) is 20.0. The number of benzene rings is 3. The van der Waals surface area contributed by atoms with Gasteiger partial charge in [-0.3, -0.25) is 14.9 Å². The molecule has 5 aromatic rings. The van der Waals surface area contributed by atoms with Gasteiger partial charge in [0.1, 0.15) is 17.7 Å². The second-order valence-corrected chi connectivity index (χ2v) is 19.2. The van der Waals surface area contributed by atoms with Gasteiger partial charge in [-0.1, -0.05) is 88.4 Å². The largest absolute Gasteiger partial charge is 0.453 e. The Bertz CT molecular complexity index is 2480. The monoisotopic (exact) mass is 912 g/mol. The van der Waals surface area contributed by atoms with Crippen molar-refractivity contribution in [3.8, 4) is 22.5 Å². The number of alkyl carbamates (subject to hydrolysis) is 2. The van der Waals surface area contributed by atoms with E-state index in [1.165, 1.54) is 49.4 Å². The zero-order valence-corrected chi connectivity index (χ0v) is 39.5. The molecule has 3 amide bonds. The van der Waals surface area contributed by atoms with Crippen LogP contribution in [0, 0.1) is 11.8 Å². The van der Waals surface area contributed by atoms with Gasteiger partial charge in [0, 0.05) is 24.7 Å². The van der Waals surface area contributed by atoms with Crippen molar-refractivity contribution in [2.24, 2.45) is 11.8 Å². The number of nitrogens with one attached hydrogen (secondary N) is 4. The van der Waals surface area contributed by atoms with Gasteiger partial charge in [0.15, 0.2) is 6.23 Å². The Kier molecular flexibility index (Phi) is 13.7. The molecule has 0 bridgehead atoms. The molecule has 354 valence electrons. The summed E-state index contributed by atoms with van der Waals surface area (Å²) < 4.78 is 9.64. The second-order valence-electron chi connectivity index (χ2n) is 19.2. The summed E-state index contributed by atoms with van der Waals surface area (Å²) in [5, 5.41) is 7.47. The lowest BCUT2D eigenvalue weighted by molar-refractivity contribution is -0.226. The van der Waals surface area contributed by atoms with E-state index in [1.54, 1.807) is 0 Å². The Hall–Kier alpha value is -6.19. The molecule has 2 aromatic heterocycles. The number of amides is 3. The topological polar surface area (TPSA) is 170 Å². The summed E-state index contributed by atoms with van der Waals surface area (Å²) in [6.07, 6.45) is 10.2. The van der Waals surface area contributed by atoms with Crippen LogP contribution in [-0.4, -0.2) is 87.6 Å². The van der Waals surface area contributed by atoms with Gasteiger partial charge >= 0.3 is 12.2 Å². The zero-order valence-electron chi connectivity index (χ0n) is 39.5. The fourth-order valence-corrected chi connectivity index (χ4v) is 10.2. The lowest BCUT2D eigenvalue weighted by Crippen LogP contribution is -2.51. The third kappa shape index (κ3) is 9.94. The molecule has 0 unspecified atom stereocenters. The predicted octanol–water partition coefficient (Wildman–Crippen LogP) is 9.88. The van der Waals surface area contributed by atoms with Gasteiger partial charge in [-0.25, -0.2) is 19.6 Å². The smallest absolute Gasteiger partial charge is 0.408 e. The molecule has 0 radical (unpaired) electrons. The van der Waals surface area contributed by atoms with Gasteiger partial charge in [-0.2, -0.15) is 5.06 Å². The Morgan fingerprint density at radius 2 is 1.13 bits per heavy atom. The molecule has 3 aromatic carbocycles. The summed E-state index contributed by atoms with van der Waals surface area (Å²) in [6.45, 7) is 9.19. The van der Waals surface area contributed by atoms with E-state index in [1.807, 2.05) is 50.1 Å². The number of hydroxylamine groups is 2. The van der Waals surface area contributed by atoms with E-state index < -0.39 is 24.5 Å². The molecular weight excluding hydrogens is 847 g/mol. The fourth-order valence-electron chi connectivity index (χ4n) is 10.2. The normalized spacial score (nSPS) is 21.8. The molecular formula is C52H65N9O6. The van der Waals surface area contributed by atoms with Crippen LogP contribution in [0.1, 0.15) is 137 Å². The third-order valence-electron chi connectivity index (χ3n) is 14.1. The van der Waals surface area contributed by atoms with E-state index in [0.29, 0.717) is 12.5 Å². The van der Waals surface area contributed by atoms with Crippen LogP contribution in [0.2, 0.25) is 0 Å². The van der Waals surface area contributed by atoms with Crippen molar-refractivity contribution in [2.75, 3.05) is 32.2 Å². The number of imidazole rings is 2. The van der Waals surface area contributed by atoms with Crippen LogP contribution in [0.3, 0.4) is 0 Å². The highest BCUT2D eigenvalue weighted by atomic mass is 16.7. The van der Waals surface area contributed by atoms with E-state index in [-0.39, 0.29) is 41.9 Å². The molecule has 4 aliphatic rings. The molecule has 1 saturated carbocycles. The van der Waals surface area contributed by atoms with Crippen molar-refractivity contribution in [1.29, 1.82) is 0 Å². The molecule has 4 fully saturated rings. The number of anilines is 1. The Morgan fingerprint density at radius 1 is 0.612 bits per heavy atom. The first-order valence-corrected chi connectivity index (χ1v) is 24.1. The van der Waals surface area contributed by atoms with Crippen LogP contribution in [0.25, 0.3) is 22.5 Å². The molecule has 15 nitrogen and oxygen atoms in total. The number of rotatable bonds is 15. The average molecular weight is 912 g/mol. The summed E-state index contributed by atoms with van der Waals surface area (Å²) in [5.74, 6) is 2.10. The number of carbonyl (C=O) groups is 3. The van der Waals surface area contributed by atoms with Crippen LogP contribution < -0.4 is 15.5 Å². The molecule has 1 aliphatic carbocycles. The number of likely N-dealkylation sites (tertiary alicyclic amines) is 1. The minimum Gasteiger partial charge on any atom is -0.453 e. The number of hydrogen-bond acceptors (Lipinski definition) is 10. The molecule has 5 heterocycles. The van der Waals surface area contributed by atoms with Gasteiger partial charge in [-0.05, 0) is 103 Å². The van der Waals surface area contributed by atoms with Crippen LogP contribution in [0.15, 0.2) is 85.2 Å². The summed E-state index contributed by atoms with van der Waals surface area (Å²) in [6, 6.07) is 26.5. The summed E-state index contributed by atoms with van der Waals surface area (Å²) >= 11 is 0. The van der Waals surface area contributed by atoms with E-state index >= 15 is 0 Å². The Labute approximate surface area is 393 Å². The highest BCUT2D eigenvalue weighted by molar-refractivity contribution is 5.86. The molecule has 4 N–H and O–H groups in total. The van der Waals surface area contributed by atoms with Crippen molar-refractivity contribution in [3.05, 3.63) is 114 Å². The number of methoxy groups -OCH3 is 2. The number of carbonyl (C=O) groups excluding carboxylic acids is 3. The first-order valence-electron chi connectivity index (χ1n) is 24.1. The van der Waals surface area contributed by atoms with E-state index in [0.717, 1.165) is 79.2 Å². The molecule has 3 aliphatic heterocycles. The highest BCUT2D eigenvalue weighted by Gasteiger charge is 2.39. The standard InChI is InChI=1S/C52H65N9O6/c1-31(2)46(57-51(63)65-5)50(62)59-27-7-9-44(59)47-53-29-40(55-47)35-13-17-37(18-14-35)42-25-26-43(61(42)39-23-21-34(22-24-39)33-11-12-33)38-19-15-36(16-20-38)41-30-54-48(56-41)45-10-8-28-60(45)67-49(32(3)4)58-52(64)66-6/h13-24,29-33,42-46,49H,7-12,25-28H2,1-6H3,(H,53,55)(H,54,56)(H,57,63)(H,58,64)/t42-,43+,44-,45-,46-,49-/m0/s1. The molecule has 9 rings (SSSR count). The molecule has 3 saturated heterocycles. The minimum atomic E-state index is -0.685. The van der Waals surface area contributed by atoms with E-state index in [9.17, 15) is 14.4 Å². The number of H-pyrrole nitrogens is 2. The molecule has 15 heteroatoms. The zero-order chi connectivity index (χ0) is 46.8. The van der Waals surface area contributed by atoms with E-state index in [2.05, 4.69) is 98.3 Å². The summed E-state index contributed by atoms with van der Waals surface area (Å²) in [5.41, 5.74) is 9.12. The van der Waals surface area contributed by atoms with Gasteiger partial charge in [-0.15, -0.1) is 0 Å². The predicted molar refractivity (Wildman–Crippen MR) is 255 cm³/mol. The number of ether oxygens (including phenoxy) is 2. The SMILES string of the molecule is COC(=O)N[C@H](C(=O)N1CCC[C@H]1c1ncc(-c2ccc([C@@H]3CC[C@H](c4ccc(-c5cnc([C@@H]6CCCN6O[C@H](NC(=O)OC)C(C)C)[nH]5)cc4)N3c3ccc(C4CC4)cc3)cc2)[nH]1)C(C)C. The van der Waals surface area contributed by atoms with Crippen molar-refractivity contribution in [1.82, 2.24) is 40.5 Å². The molecule has 6 atom stereocenters. The van der Waals surface area contributed by atoms with Gasteiger partial charge in [0.05, 0.1) is 62.2 Å². The first kappa shape index (κ1) is 45.9. The van der Waals surface area contributed by atoms with Crippen LogP contribution in [0.5, 0.6) is 0 Å². The maximum Gasteiger partial charge on any atom is 0.408 e. The lowest BCUT2D eigenvalue weighted by Gasteiger charge is -2.33. The minimum absolute atomic E-state index is 0.0429. The maximum absolute atomic E-state index is 13.7. The van der Waals surface area contributed by atoms with Gasteiger partial charge < -0.3 is 34.6 Å². The van der Waals surface area contributed by atoms with Crippen molar-refractivity contribution >= 4 is 23.8 Å². The van der Waals surface area contributed by atoms with Crippen molar-refractivity contribution in [2.45, 2.75) is 121 Å². The Morgan fingerprint density at radius 3 is 1.67 bits per heavy atom. The number of aromatic nitrogens is 4. The third-order valence-corrected chi connectivity index (χ3v) is 14.1. The lowest BCUT2D eigenvalue weighted by atomic mass is 10.0. The quantitative estimate of drug-likeness (QED) is 0.0742. The van der Waals surface area contributed by atoms with Crippen LogP contribution >= 0.6 is 0 Å². The van der Waals surface area contributed by atoms with Crippen molar-refractivity contribution < 1.29 is 28.7 Å². The van der Waals surface area contributed by atoms with Crippen LogP contribution in [-0.2, 0) is 19.1 Å². The van der Waals surface area contributed by atoms with Crippen LogP contribution in [0.4, 0.5) is 15.3 Å². The fraction of sp³-hybridized carbons (Fsp3) is 0.481. The molecule has 67 heavy (non-hydrogen) atoms. The number of nitrogens with zero attached hydrogens (tertiary/aromatic N) is 5. The van der Waals surface area contributed by atoms with E-state index in [4.69, 9.17) is 24.3 Å². The number of aromatic amines is 2. The maximum atomic E-state index is 13.7. The first-order chi connectivity index (χ1) is 32.5. The summed E-state index contributed by atoms with van der Waals surface area (Å²) in [7, 11) is 2.66. The molecule has 0 spiro atoms. The highest BCUT2D eigenvalue weighted by Crippen LogP contribution is 2.48. The average Bonchev–Trinajstić information content (AvgIpc) is 3.94. The summed E-state index contributed by atoms with van der Waals surface area (Å²) in [4.78, 5) is 65.3. The van der Waals surface area contributed by atoms with Crippen molar-refractivity contribution in [3.63, 3.8) is 0 Å². The number of hydrogen-bond donors (Lipinski definition) is 4. The van der Waals surface area contributed by atoms with Gasteiger partial charge in [0.2, 0.25) is 5.91 Å².